The maximum atomic E-state index is 6.02. The van der Waals surface area contributed by atoms with Crippen molar-refractivity contribution >= 4 is 15.9 Å². The highest BCUT2D eigenvalue weighted by atomic mass is 79.9. The first-order chi connectivity index (χ1) is 10.1. The number of benzene rings is 2. The van der Waals surface area contributed by atoms with E-state index in [1.165, 1.54) is 5.56 Å². The van der Waals surface area contributed by atoms with Crippen LogP contribution >= 0.6 is 15.9 Å². The molecular formula is C18H22BrNO. The van der Waals surface area contributed by atoms with E-state index in [0.717, 1.165) is 22.2 Å². The van der Waals surface area contributed by atoms with E-state index < -0.39 is 0 Å². The van der Waals surface area contributed by atoms with Gasteiger partial charge in [-0.25, -0.2) is 0 Å². The SMILES string of the molecule is CCC(C)c1ccc(OC(CN)c2ccc(Br)cc2)cc1. The first-order valence-electron chi connectivity index (χ1n) is 7.36. The summed E-state index contributed by atoms with van der Waals surface area (Å²) in [7, 11) is 0. The number of halogens is 1. The molecule has 3 heteroatoms. The molecule has 0 bridgehead atoms. The molecule has 2 unspecified atom stereocenters. The van der Waals surface area contributed by atoms with Crippen molar-refractivity contribution in [3.05, 3.63) is 64.1 Å². The van der Waals surface area contributed by atoms with Crippen molar-refractivity contribution in [2.24, 2.45) is 5.73 Å². The first-order valence-corrected chi connectivity index (χ1v) is 8.15. The van der Waals surface area contributed by atoms with Crippen molar-refractivity contribution in [2.75, 3.05) is 6.54 Å². The number of hydrogen-bond donors (Lipinski definition) is 1. The predicted octanol–water partition coefficient (Wildman–Crippen LogP) is 5.04. The lowest BCUT2D eigenvalue weighted by molar-refractivity contribution is 0.214. The summed E-state index contributed by atoms with van der Waals surface area (Å²) in [6.07, 6.45) is 1.03. The Morgan fingerprint density at radius 3 is 2.10 bits per heavy atom. The molecule has 0 heterocycles. The van der Waals surface area contributed by atoms with Gasteiger partial charge < -0.3 is 10.5 Å². The van der Waals surface area contributed by atoms with Crippen molar-refractivity contribution in [3.8, 4) is 5.75 Å². The second-order valence-corrected chi connectivity index (χ2v) is 6.19. The number of ether oxygens (including phenoxy) is 1. The Hall–Kier alpha value is -1.32. The van der Waals surface area contributed by atoms with Crippen LogP contribution in [0, 0.1) is 0 Å². The van der Waals surface area contributed by atoms with E-state index in [-0.39, 0.29) is 6.10 Å². The lowest BCUT2D eigenvalue weighted by atomic mass is 9.99. The Labute approximate surface area is 135 Å². The van der Waals surface area contributed by atoms with Crippen LogP contribution in [0.5, 0.6) is 5.75 Å². The fraction of sp³-hybridized carbons (Fsp3) is 0.333. The van der Waals surface area contributed by atoms with Crippen LogP contribution in [-0.2, 0) is 0 Å². The van der Waals surface area contributed by atoms with Gasteiger partial charge in [-0.3, -0.25) is 0 Å². The first kappa shape index (κ1) is 16.1. The Morgan fingerprint density at radius 1 is 1.00 bits per heavy atom. The van der Waals surface area contributed by atoms with Crippen molar-refractivity contribution in [3.63, 3.8) is 0 Å². The minimum absolute atomic E-state index is 0.118. The minimum Gasteiger partial charge on any atom is -0.484 e. The van der Waals surface area contributed by atoms with Gasteiger partial charge in [-0.2, -0.15) is 0 Å². The van der Waals surface area contributed by atoms with Gasteiger partial charge in [0.05, 0.1) is 0 Å². The van der Waals surface area contributed by atoms with Gasteiger partial charge in [-0.1, -0.05) is 54.0 Å². The minimum atomic E-state index is -0.118. The average Bonchev–Trinajstić information content (AvgIpc) is 2.53. The molecule has 2 aromatic rings. The van der Waals surface area contributed by atoms with E-state index in [1.54, 1.807) is 0 Å². The summed E-state index contributed by atoms with van der Waals surface area (Å²) in [6, 6.07) is 16.4. The van der Waals surface area contributed by atoms with Crippen LogP contribution < -0.4 is 10.5 Å². The predicted molar refractivity (Wildman–Crippen MR) is 91.7 cm³/mol. The molecule has 0 aliphatic heterocycles. The second-order valence-electron chi connectivity index (χ2n) is 5.27. The third-order valence-corrected chi connectivity index (χ3v) is 4.32. The highest BCUT2D eigenvalue weighted by Crippen LogP contribution is 2.25. The fourth-order valence-corrected chi connectivity index (χ4v) is 2.47. The molecule has 0 amide bonds. The topological polar surface area (TPSA) is 35.2 Å². The van der Waals surface area contributed by atoms with Crippen LogP contribution in [0.3, 0.4) is 0 Å². The van der Waals surface area contributed by atoms with E-state index in [2.05, 4.69) is 41.9 Å². The van der Waals surface area contributed by atoms with Crippen LogP contribution in [-0.4, -0.2) is 6.54 Å². The monoisotopic (exact) mass is 347 g/mol. The normalized spacial score (nSPS) is 13.7. The standard InChI is InChI=1S/C18H22BrNO/c1-3-13(2)14-6-10-17(11-7-14)21-18(12-20)15-4-8-16(19)9-5-15/h4-11,13,18H,3,12,20H2,1-2H3. The molecule has 0 aromatic heterocycles. The molecule has 2 nitrogen and oxygen atoms in total. The van der Waals surface area contributed by atoms with E-state index in [9.17, 15) is 0 Å². The van der Waals surface area contributed by atoms with Crippen LogP contribution in [0.2, 0.25) is 0 Å². The van der Waals surface area contributed by atoms with Crippen molar-refractivity contribution < 1.29 is 4.74 Å². The summed E-state index contributed by atoms with van der Waals surface area (Å²) in [5.41, 5.74) is 8.29. The molecule has 2 atom stereocenters. The molecule has 0 aliphatic carbocycles. The molecule has 2 rings (SSSR count). The van der Waals surface area contributed by atoms with Gasteiger partial charge in [0.15, 0.2) is 0 Å². The summed E-state index contributed by atoms with van der Waals surface area (Å²) in [6.45, 7) is 4.89. The van der Waals surface area contributed by atoms with Crippen LogP contribution in [0.25, 0.3) is 0 Å². The van der Waals surface area contributed by atoms with Crippen molar-refractivity contribution in [2.45, 2.75) is 32.3 Å². The third kappa shape index (κ3) is 4.32. The molecule has 0 saturated carbocycles. The van der Waals surface area contributed by atoms with E-state index in [4.69, 9.17) is 10.5 Å². The highest BCUT2D eigenvalue weighted by molar-refractivity contribution is 9.10. The Morgan fingerprint density at radius 2 is 1.57 bits per heavy atom. The maximum absolute atomic E-state index is 6.02. The van der Waals surface area contributed by atoms with Gasteiger partial charge >= 0.3 is 0 Å². The lowest BCUT2D eigenvalue weighted by Gasteiger charge is -2.18. The molecule has 0 saturated heterocycles. The van der Waals surface area contributed by atoms with Crippen molar-refractivity contribution in [1.29, 1.82) is 0 Å². The lowest BCUT2D eigenvalue weighted by Crippen LogP contribution is -2.18. The number of nitrogens with two attached hydrogens (primary N) is 1. The van der Waals surface area contributed by atoms with E-state index in [1.807, 2.05) is 36.4 Å². The fourth-order valence-electron chi connectivity index (χ4n) is 2.20. The smallest absolute Gasteiger partial charge is 0.136 e. The molecule has 21 heavy (non-hydrogen) atoms. The summed E-state index contributed by atoms with van der Waals surface area (Å²) in [5.74, 6) is 1.44. The largest absolute Gasteiger partial charge is 0.484 e. The zero-order valence-electron chi connectivity index (χ0n) is 12.6. The zero-order chi connectivity index (χ0) is 15.2. The van der Waals surface area contributed by atoms with Crippen LogP contribution in [0.1, 0.15) is 43.4 Å². The van der Waals surface area contributed by atoms with Gasteiger partial charge in [0, 0.05) is 11.0 Å². The van der Waals surface area contributed by atoms with Gasteiger partial charge in [0.25, 0.3) is 0 Å². The highest BCUT2D eigenvalue weighted by Gasteiger charge is 2.12. The molecule has 0 fully saturated rings. The summed E-state index contributed by atoms with van der Waals surface area (Å²) in [4.78, 5) is 0. The maximum Gasteiger partial charge on any atom is 0.136 e. The molecular weight excluding hydrogens is 326 g/mol. The van der Waals surface area contributed by atoms with E-state index >= 15 is 0 Å². The average molecular weight is 348 g/mol. The molecule has 0 aliphatic rings. The summed E-state index contributed by atoms with van der Waals surface area (Å²) in [5, 5.41) is 0. The Kier molecular flexibility index (Phi) is 5.83. The van der Waals surface area contributed by atoms with Gasteiger partial charge in [0.2, 0.25) is 0 Å². The van der Waals surface area contributed by atoms with Crippen LogP contribution in [0.4, 0.5) is 0 Å². The molecule has 2 aromatic carbocycles. The third-order valence-electron chi connectivity index (χ3n) is 3.80. The van der Waals surface area contributed by atoms with Gasteiger partial charge in [-0.05, 0) is 47.7 Å². The Balaban J connectivity index is 2.09. The molecule has 0 spiro atoms. The summed E-state index contributed by atoms with van der Waals surface area (Å²) >= 11 is 3.44. The molecule has 112 valence electrons. The van der Waals surface area contributed by atoms with Crippen molar-refractivity contribution in [1.82, 2.24) is 0 Å². The quantitative estimate of drug-likeness (QED) is 0.794. The summed E-state index contributed by atoms with van der Waals surface area (Å²) < 4.78 is 7.07. The van der Waals surface area contributed by atoms with Gasteiger partial charge in [0.1, 0.15) is 11.9 Å². The zero-order valence-corrected chi connectivity index (χ0v) is 14.1. The molecule has 0 radical (unpaired) electrons. The second kappa shape index (κ2) is 7.62. The van der Waals surface area contributed by atoms with Crippen LogP contribution in [0.15, 0.2) is 53.0 Å². The number of rotatable bonds is 6. The Bertz CT molecular complexity index is 550. The van der Waals surface area contributed by atoms with E-state index in [0.29, 0.717) is 12.5 Å². The van der Waals surface area contributed by atoms with Gasteiger partial charge in [-0.15, -0.1) is 0 Å². The molecule has 2 N–H and O–H groups in total. The number of hydrogen-bond acceptors (Lipinski definition) is 2.